The van der Waals surface area contributed by atoms with E-state index in [1.165, 1.54) is 16.8 Å². The first-order chi connectivity index (χ1) is 32.3. The van der Waals surface area contributed by atoms with Gasteiger partial charge in [0.15, 0.2) is 0 Å². The molecular weight excluding hydrogens is 815 g/mol. The highest BCUT2D eigenvalue weighted by atomic mass is 16.2. The topological polar surface area (TPSA) is 101 Å². The number of carbonyl (C=O) groups excluding carboxylic acids is 2. The average molecular weight is 874 g/mol. The zero-order chi connectivity index (χ0) is 44.8. The van der Waals surface area contributed by atoms with Crippen molar-refractivity contribution in [2.24, 2.45) is 5.92 Å². The van der Waals surface area contributed by atoms with E-state index in [1.54, 1.807) is 0 Å². The fourth-order valence-corrected chi connectivity index (χ4v) is 11.7. The fourth-order valence-electron chi connectivity index (χ4n) is 11.7. The summed E-state index contributed by atoms with van der Waals surface area (Å²) >= 11 is 0. The van der Waals surface area contributed by atoms with Crippen LogP contribution in [0.3, 0.4) is 0 Å². The van der Waals surface area contributed by atoms with Gasteiger partial charge in [-0.25, -0.2) is 9.97 Å². The van der Waals surface area contributed by atoms with Gasteiger partial charge in [0.05, 0.1) is 46.7 Å². The molecule has 0 saturated carbocycles. The molecule has 5 aromatic carbocycles. The van der Waals surface area contributed by atoms with Gasteiger partial charge >= 0.3 is 0 Å². The van der Waals surface area contributed by atoms with Crippen LogP contribution in [-0.4, -0.2) is 60.7 Å². The van der Waals surface area contributed by atoms with Gasteiger partial charge < -0.3 is 24.7 Å². The molecule has 0 bridgehead atoms. The summed E-state index contributed by atoms with van der Waals surface area (Å²) in [4.78, 5) is 53.1. The Morgan fingerprint density at radius 1 is 0.682 bits per heavy atom. The van der Waals surface area contributed by atoms with Gasteiger partial charge in [-0.05, 0) is 116 Å². The van der Waals surface area contributed by atoms with Gasteiger partial charge in [-0.1, -0.05) is 122 Å². The number of amides is 2. The number of aromatic amines is 2. The number of nitrogens with one attached hydrogen (secondary N) is 2. The molecular formula is C57H59N7O2. The van der Waals surface area contributed by atoms with Crippen LogP contribution in [0.2, 0.25) is 0 Å². The van der Waals surface area contributed by atoms with Crippen LogP contribution in [-0.2, 0) is 34.3 Å². The van der Waals surface area contributed by atoms with Gasteiger partial charge in [0.2, 0.25) is 11.8 Å². The van der Waals surface area contributed by atoms with Gasteiger partial charge in [-0.3, -0.25) is 9.59 Å². The number of fused-ring (bicyclic) bond motifs is 2. The fraction of sp³-hybridized carbons (Fsp3) is 0.333. The molecule has 66 heavy (non-hydrogen) atoms. The summed E-state index contributed by atoms with van der Waals surface area (Å²) in [7, 11) is 0. The largest absolute Gasteiger partial charge is 0.361 e. The summed E-state index contributed by atoms with van der Waals surface area (Å²) in [5.41, 5.74) is 10.2. The summed E-state index contributed by atoms with van der Waals surface area (Å²) in [6.45, 7) is 5.75. The standard InChI is InChI=1S/C57H59N7O2/c1-3-38-23-27-44(28-24-38)64-49(40-25-29-45-47(36-40)60-54(58-45)51-21-13-33-62(51)53(65)35-39-15-7-4-8-16-39)31-32-50(64)41-26-30-46-48(37-41)61-55(59-46)52-22-14-34-63(52)56(66)57(2,42-17-9-5-10-18-42)43-19-11-6-12-20-43/h4-12,15-20,23-30,36,41,49-52H,3,13-14,21-22,31-35,37H2,1-2H3,(H,58,60)(H,59,61)/t41?,49-,50-,51+,52+/m1/s1. The number of likely N-dealkylation sites (tertiary alicyclic amines) is 2. The number of rotatable bonds is 11. The number of aromatic nitrogens is 4. The Labute approximate surface area is 388 Å². The van der Waals surface area contributed by atoms with E-state index in [0.29, 0.717) is 13.0 Å². The third-order valence-electron chi connectivity index (χ3n) is 15.3. The van der Waals surface area contributed by atoms with E-state index in [0.717, 1.165) is 109 Å². The highest BCUT2D eigenvalue weighted by Gasteiger charge is 2.45. The van der Waals surface area contributed by atoms with Crippen LogP contribution in [0.5, 0.6) is 0 Å². The number of benzene rings is 5. The molecule has 334 valence electrons. The lowest BCUT2D eigenvalue weighted by Gasteiger charge is -2.37. The van der Waals surface area contributed by atoms with Crippen molar-refractivity contribution in [2.75, 3.05) is 18.0 Å². The molecule has 0 radical (unpaired) electrons. The summed E-state index contributed by atoms with van der Waals surface area (Å²) in [5.74, 6) is 2.32. The molecule has 5 heterocycles. The molecule has 7 aromatic rings. The highest BCUT2D eigenvalue weighted by molar-refractivity contribution is 5.92. The lowest BCUT2D eigenvalue weighted by atomic mass is 9.75. The van der Waals surface area contributed by atoms with Crippen molar-refractivity contribution < 1.29 is 9.59 Å². The van der Waals surface area contributed by atoms with Crippen LogP contribution < -0.4 is 4.90 Å². The van der Waals surface area contributed by atoms with Crippen LogP contribution in [0.25, 0.3) is 17.1 Å². The first kappa shape index (κ1) is 41.9. The second-order valence-corrected chi connectivity index (χ2v) is 19.1. The van der Waals surface area contributed by atoms with Crippen molar-refractivity contribution in [3.8, 4) is 0 Å². The molecule has 4 aliphatic rings. The van der Waals surface area contributed by atoms with E-state index in [1.807, 2.05) is 71.6 Å². The number of imidazole rings is 2. The Morgan fingerprint density at radius 2 is 1.33 bits per heavy atom. The molecule has 5 atom stereocenters. The normalized spacial score (nSPS) is 21.8. The lowest BCUT2D eigenvalue weighted by molar-refractivity contribution is -0.136. The Morgan fingerprint density at radius 3 is 2.03 bits per heavy atom. The number of H-pyrrole nitrogens is 2. The Kier molecular flexibility index (Phi) is 11.2. The first-order valence-corrected chi connectivity index (χ1v) is 24.2. The quantitative estimate of drug-likeness (QED) is 0.135. The summed E-state index contributed by atoms with van der Waals surface area (Å²) in [6.07, 6.45) is 12.7. The third kappa shape index (κ3) is 7.62. The average Bonchev–Trinajstić information content (AvgIpc) is 4.23. The number of aryl methyl sites for hydroxylation is 1. The predicted octanol–water partition coefficient (Wildman–Crippen LogP) is 11.0. The Balaban J connectivity index is 0.848. The van der Waals surface area contributed by atoms with E-state index in [-0.39, 0.29) is 41.9 Å². The summed E-state index contributed by atoms with van der Waals surface area (Å²) < 4.78 is 0. The zero-order valence-electron chi connectivity index (χ0n) is 38.1. The predicted molar refractivity (Wildman–Crippen MR) is 262 cm³/mol. The minimum atomic E-state index is -0.829. The van der Waals surface area contributed by atoms with E-state index in [4.69, 9.17) is 9.97 Å². The van der Waals surface area contributed by atoms with Gasteiger partial charge in [-0.2, -0.15) is 0 Å². The van der Waals surface area contributed by atoms with Crippen LogP contribution in [0.15, 0.2) is 140 Å². The van der Waals surface area contributed by atoms with Crippen molar-refractivity contribution in [2.45, 2.75) is 101 Å². The third-order valence-corrected chi connectivity index (χ3v) is 15.3. The number of hydrogen-bond acceptors (Lipinski definition) is 5. The smallest absolute Gasteiger partial charge is 0.238 e. The number of carbonyl (C=O) groups is 2. The van der Waals surface area contributed by atoms with Crippen molar-refractivity contribution in [3.63, 3.8) is 0 Å². The molecule has 9 heteroatoms. The lowest BCUT2D eigenvalue weighted by Crippen LogP contribution is -2.45. The maximum absolute atomic E-state index is 15.0. The van der Waals surface area contributed by atoms with E-state index >= 15 is 0 Å². The molecule has 1 unspecified atom stereocenters. The highest BCUT2D eigenvalue weighted by Crippen LogP contribution is 2.46. The minimum absolute atomic E-state index is 0.0477. The second-order valence-electron chi connectivity index (χ2n) is 19.1. The first-order valence-electron chi connectivity index (χ1n) is 24.2. The molecule has 2 aromatic heterocycles. The molecule has 2 N–H and O–H groups in total. The number of anilines is 1. The van der Waals surface area contributed by atoms with Gasteiger partial charge in [-0.15, -0.1) is 0 Å². The molecule has 0 spiro atoms. The van der Waals surface area contributed by atoms with Crippen molar-refractivity contribution in [3.05, 3.63) is 190 Å². The van der Waals surface area contributed by atoms with Crippen molar-refractivity contribution >= 4 is 34.6 Å². The molecule has 3 aliphatic heterocycles. The molecule has 11 rings (SSSR count). The number of hydrogen-bond donors (Lipinski definition) is 2. The van der Waals surface area contributed by atoms with Crippen LogP contribution >= 0.6 is 0 Å². The minimum Gasteiger partial charge on any atom is -0.361 e. The molecule has 3 fully saturated rings. The maximum Gasteiger partial charge on any atom is 0.238 e. The van der Waals surface area contributed by atoms with Gasteiger partial charge in [0.1, 0.15) is 11.6 Å². The Hall–Kier alpha value is -6.74. The van der Waals surface area contributed by atoms with E-state index in [2.05, 4.69) is 112 Å². The van der Waals surface area contributed by atoms with Crippen LogP contribution in [0.4, 0.5) is 5.69 Å². The van der Waals surface area contributed by atoms with Gasteiger partial charge in [0, 0.05) is 36.4 Å². The SMILES string of the molecule is CCc1ccc(N2[C@@H](c3ccc4nc([C@@H]5CCCN5C(=O)Cc5ccccc5)[nH]c4c3)CC[C@@H]2C2C=Cc3nc([C@@H]4CCCN4C(=O)C(C)(c4ccccc4)c4ccccc4)[nH]c3C2)cc1. The zero-order valence-corrected chi connectivity index (χ0v) is 38.1. The maximum atomic E-state index is 15.0. The molecule has 2 amide bonds. The molecule has 3 saturated heterocycles. The van der Waals surface area contributed by atoms with Crippen LogP contribution in [0, 0.1) is 5.92 Å². The van der Waals surface area contributed by atoms with Crippen molar-refractivity contribution in [1.29, 1.82) is 0 Å². The molecule has 1 aliphatic carbocycles. The second kappa shape index (κ2) is 17.6. The number of nitrogens with zero attached hydrogens (tertiary/aromatic N) is 5. The van der Waals surface area contributed by atoms with Crippen molar-refractivity contribution in [1.82, 2.24) is 29.7 Å². The van der Waals surface area contributed by atoms with Crippen LogP contribution in [0.1, 0.15) is 121 Å². The monoisotopic (exact) mass is 873 g/mol. The molecule has 9 nitrogen and oxygen atoms in total. The van der Waals surface area contributed by atoms with E-state index in [9.17, 15) is 9.59 Å². The summed E-state index contributed by atoms with van der Waals surface area (Å²) in [6, 6.07) is 46.7. The van der Waals surface area contributed by atoms with Gasteiger partial charge in [0.25, 0.3) is 0 Å². The van der Waals surface area contributed by atoms with E-state index < -0.39 is 5.41 Å². The Bertz CT molecular complexity index is 2830. The summed E-state index contributed by atoms with van der Waals surface area (Å²) in [5, 5.41) is 0.